The molecule has 1 saturated carbocycles. The van der Waals surface area contributed by atoms with Crippen LogP contribution in [0.25, 0.3) is 22.0 Å². The summed E-state index contributed by atoms with van der Waals surface area (Å²) in [5, 5.41) is 14.1. The normalized spacial score (nSPS) is 20.4. The molecule has 2 aromatic carbocycles. The second-order valence-corrected chi connectivity index (χ2v) is 18.0. The van der Waals surface area contributed by atoms with E-state index >= 15 is 8.78 Å². The summed E-state index contributed by atoms with van der Waals surface area (Å²) >= 11 is 6.46. The van der Waals surface area contributed by atoms with Crippen LogP contribution >= 0.6 is 11.6 Å². The van der Waals surface area contributed by atoms with Crippen LogP contribution in [0.5, 0.6) is 0 Å². The van der Waals surface area contributed by atoms with E-state index in [0.717, 1.165) is 22.9 Å². The van der Waals surface area contributed by atoms with Crippen LogP contribution in [0.2, 0.25) is 5.02 Å². The van der Waals surface area contributed by atoms with Crippen molar-refractivity contribution in [3.05, 3.63) is 105 Å². The third kappa shape index (κ3) is 8.15. The van der Waals surface area contributed by atoms with Gasteiger partial charge in [-0.2, -0.15) is 18.3 Å². The molecule has 1 N–H and O–H groups in total. The number of carbonyl (C=O) groups excluding carboxylic acids is 1. The SMILES string of the molecule is Cn1nc(CS(=O)(=O)C(F)(F)F)c2c(Cl)ccc(-c3ccc(C#CC(C)(C)O)nc3[C@@H](CC(=O)CC3C=C(C(F)F)C4=C3C(F)(F)[C@@H]3C[C@H]43)Cc3cc(F)cc(F)c3)c21. The quantitative estimate of drug-likeness (QED) is 0.119. The lowest BCUT2D eigenvalue weighted by molar-refractivity contribution is -0.120. The first-order valence-electron chi connectivity index (χ1n) is 18.2. The molecule has 2 aromatic heterocycles. The van der Waals surface area contributed by atoms with E-state index in [9.17, 15) is 49.1 Å². The van der Waals surface area contributed by atoms with Crippen molar-refractivity contribution in [3.63, 3.8) is 0 Å². The number of hydrogen-bond acceptors (Lipinski definition) is 6. The van der Waals surface area contributed by atoms with Crippen LogP contribution in [0.1, 0.15) is 61.7 Å². The van der Waals surface area contributed by atoms with Gasteiger partial charge in [0.2, 0.25) is 0 Å². The number of sulfone groups is 1. The van der Waals surface area contributed by atoms with Crippen LogP contribution in [0.4, 0.5) is 39.5 Å². The average Bonchev–Trinajstić information content (AvgIpc) is 3.65. The van der Waals surface area contributed by atoms with E-state index in [-0.39, 0.29) is 62.4 Å². The summed E-state index contributed by atoms with van der Waals surface area (Å²) in [4.78, 5) is 18.8. The summed E-state index contributed by atoms with van der Waals surface area (Å²) in [6, 6.07) is 8.24. The van der Waals surface area contributed by atoms with Gasteiger partial charge in [-0.3, -0.25) is 9.48 Å². The van der Waals surface area contributed by atoms with Crippen molar-refractivity contribution in [3.8, 4) is 23.0 Å². The zero-order chi connectivity index (χ0) is 43.1. The Morgan fingerprint density at radius 2 is 1.73 bits per heavy atom. The number of fused-ring (bicyclic) bond motifs is 3. The topological polar surface area (TPSA) is 102 Å². The van der Waals surface area contributed by atoms with Crippen molar-refractivity contribution in [1.82, 2.24) is 14.8 Å². The number of pyridine rings is 1. The predicted octanol–water partition coefficient (Wildman–Crippen LogP) is 9.20. The smallest absolute Gasteiger partial charge is 0.378 e. The van der Waals surface area contributed by atoms with E-state index in [4.69, 9.17) is 16.6 Å². The first-order valence-corrected chi connectivity index (χ1v) is 20.2. The zero-order valence-corrected chi connectivity index (χ0v) is 32.8. The first kappa shape index (κ1) is 42.5. The average molecular weight is 870 g/mol. The molecule has 0 spiro atoms. The predicted molar refractivity (Wildman–Crippen MR) is 199 cm³/mol. The minimum Gasteiger partial charge on any atom is -0.378 e. The summed E-state index contributed by atoms with van der Waals surface area (Å²) in [5.41, 5.74) is -8.33. The number of aliphatic hydroxyl groups is 1. The van der Waals surface area contributed by atoms with Gasteiger partial charge in [0, 0.05) is 71.4 Å². The number of aromatic nitrogens is 3. The maximum atomic E-state index is 15.5. The van der Waals surface area contributed by atoms with Gasteiger partial charge in [0.25, 0.3) is 22.2 Å². The summed E-state index contributed by atoms with van der Waals surface area (Å²) in [5.74, 6) is -6.60. The number of Topliss-reactive ketones (excluding diaryl/α,β-unsaturated/α-hetero) is 1. The number of allylic oxidation sites excluding steroid dienone is 4. The molecule has 2 heterocycles. The maximum Gasteiger partial charge on any atom is 0.497 e. The van der Waals surface area contributed by atoms with Gasteiger partial charge in [0.15, 0.2) is 0 Å². The maximum absolute atomic E-state index is 15.5. The number of ketones is 1. The molecule has 0 amide bonds. The summed E-state index contributed by atoms with van der Waals surface area (Å²) < 4.78 is 154. The zero-order valence-electron chi connectivity index (χ0n) is 31.2. The second kappa shape index (κ2) is 14.8. The Hall–Kier alpha value is -4.66. The standard InChI is InChI=1S/C41H33ClF9N3O4S/c1-39(2,56)9-8-24-4-5-26(27-6-7-31(42)34-32(53-54(3)37(27)34)18-59(57,58)41(49,50)51)36(52-24)21(10-19-11-22(43)16-23(44)12-19)14-25(55)13-20-15-29(38(45)46)33-28-17-30(28)40(47,48)35(20)33/h4-7,11-12,15-16,20-21,28,30,38,56H,10,13-14,17-18H2,1-3H3/t20?,21-,28+,30-/m1/s1. The molecule has 0 bridgehead atoms. The van der Waals surface area contributed by atoms with Crippen molar-refractivity contribution >= 4 is 38.1 Å². The summed E-state index contributed by atoms with van der Waals surface area (Å²) in [7, 11) is -4.41. The minimum absolute atomic E-state index is 0.0161. The van der Waals surface area contributed by atoms with Gasteiger partial charge < -0.3 is 5.11 Å². The van der Waals surface area contributed by atoms with Crippen molar-refractivity contribution in [2.24, 2.45) is 24.8 Å². The molecule has 59 heavy (non-hydrogen) atoms. The Morgan fingerprint density at radius 1 is 1.07 bits per heavy atom. The van der Waals surface area contributed by atoms with Gasteiger partial charge in [-0.05, 0) is 80.0 Å². The third-order valence-electron chi connectivity index (χ3n) is 10.7. The molecule has 0 radical (unpaired) electrons. The highest BCUT2D eigenvalue weighted by molar-refractivity contribution is 7.91. The molecule has 4 aromatic rings. The second-order valence-electron chi connectivity index (χ2n) is 15.6. The number of alkyl halides is 7. The van der Waals surface area contributed by atoms with Crippen molar-refractivity contribution in [2.75, 3.05) is 0 Å². The van der Waals surface area contributed by atoms with Crippen LogP contribution in [0.15, 0.2) is 65.3 Å². The molecule has 3 aliphatic carbocycles. The van der Waals surface area contributed by atoms with Crippen LogP contribution < -0.4 is 0 Å². The Morgan fingerprint density at radius 3 is 2.36 bits per heavy atom. The van der Waals surface area contributed by atoms with Crippen LogP contribution in [0.3, 0.4) is 0 Å². The van der Waals surface area contributed by atoms with E-state index < -0.39 is 110 Å². The van der Waals surface area contributed by atoms with Crippen molar-refractivity contribution < 1.29 is 57.8 Å². The van der Waals surface area contributed by atoms with Crippen LogP contribution in [-0.2, 0) is 33.9 Å². The minimum atomic E-state index is -5.73. The highest BCUT2D eigenvalue weighted by atomic mass is 35.5. The molecular formula is C41H33ClF9N3O4S. The molecule has 7 nitrogen and oxygen atoms in total. The van der Waals surface area contributed by atoms with Crippen LogP contribution in [0, 0.1) is 41.2 Å². The van der Waals surface area contributed by atoms with Gasteiger partial charge in [0.05, 0.1) is 21.9 Å². The monoisotopic (exact) mass is 869 g/mol. The van der Waals surface area contributed by atoms with E-state index in [1.807, 2.05) is 0 Å². The first-order chi connectivity index (χ1) is 27.4. The number of hydrogen-bond donors (Lipinski definition) is 1. The molecule has 312 valence electrons. The fraction of sp³-hybridized carbons (Fsp3) is 0.390. The van der Waals surface area contributed by atoms with E-state index in [2.05, 4.69) is 16.9 Å². The lowest BCUT2D eigenvalue weighted by Gasteiger charge is -2.23. The Kier molecular flexibility index (Phi) is 10.7. The van der Waals surface area contributed by atoms with Gasteiger partial charge in [-0.25, -0.2) is 39.7 Å². The lowest BCUT2D eigenvalue weighted by atomic mass is 9.83. The van der Waals surface area contributed by atoms with Crippen LogP contribution in [-0.4, -0.2) is 57.5 Å². The van der Waals surface area contributed by atoms with Crippen molar-refractivity contribution in [2.45, 2.75) is 74.7 Å². The molecule has 4 atom stereocenters. The summed E-state index contributed by atoms with van der Waals surface area (Å²) in [6.45, 7) is 2.79. The number of rotatable bonds is 11. The van der Waals surface area contributed by atoms with E-state index in [1.165, 1.54) is 45.2 Å². The largest absolute Gasteiger partial charge is 0.497 e. The van der Waals surface area contributed by atoms with Gasteiger partial charge in [-0.1, -0.05) is 29.7 Å². The molecule has 1 unspecified atom stereocenters. The van der Waals surface area contributed by atoms with Gasteiger partial charge >= 0.3 is 5.51 Å². The van der Waals surface area contributed by atoms with Crippen molar-refractivity contribution in [1.29, 1.82) is 0 Å². The fourth-order valence-corrected chi connectivity index (χ4v) is 9.26. The van der Waals surface area contributed by atoms with E-state index in [0.29, 0.717) is 6.07 Å². The summed E-state index contributed by atoms with van der Waals surface area (Å²) in [6.07, 6.45) is -3.45. The van der Waals surface area contributed by atoms with Gasteiger partial charge in [-0.15, -0.1) is 0 Å². The number of carbonyl (C=O) groups is 1. The molecule has 7 rings (SSSR count). The third-order valence-corrected chi connectivity index (χ3v) is 12.4. The molecule has 18 heteroatoms. The Balaban J connectivity index is 1.37. The molecule has 1 fully saturated rings. The van der Waals surface area contributed by atoms with Gasteiger partial charge in [0.1, 0.15) is 34.5 Å². The molecular weight excluding hydrogens is 837 g/mol. The molecule has 0 saturated heterocycles. The molecule has 0 aliphatic heterocycles. The molecule has 3 aliphatic rings. The number of aryl methyl sites for hydroxylation is 1. The number of halogens is 10. The highest BCUT2D eigenvalue weighted by Gasteiger charge is 2.68. The fourth-order valence-electron chi connectivity index (χ4n) is 8.27. The highest BCUT2D eigenvalue weighted by Crippen LogP contribution is 2.68. The number of benzene rings is 2. The Labute approximate surface area is 336 Å². The Bertz CT molecular complexity index is 2630. The number of nitrogens with zero attached hydrogens (tertiary/aromatic N) is 3. The lowest BCUT2D eigenvalue weighted by Crippen LogP contribution is -2.25. The van der Waals surface area contributed by atoms with E-state index in [1.54, 1.807) is 0 Å².